The molecule has 0 aliphatic carbocycles. The van der Waals surface area contributed by atoms with E-state index in [9.17, 15) is 0 Å². The van der Waals surface area contributed by atoms with Gasteiger partial charge in [-0.2, -0.15) is 30.4 Å². The average molecular weight is 192 g/mol. The van der Waals surface area contributed by atoms with Crippen LogP contribution in [0, 0.1) is 6.08 Å². The molecule has 0 aliphatic rings. The van der Waals surface area contributed by atoms with Gasteiger partial charge in [-0.3, -0.25) is 0 Å². The molecule has 1 radical (unpaired) electrons. The normalized spacial score (nSPS) is 7.56. The minimum atomic E-state index is 0. The van der Waals surface area contributed by atoms with Gasteiger partial charge in [0, 0.05) is 32.7 Å². The predicted molar refractivity (Wildman–Crippen MR) is 34.4 cm³/mol. The molecule has 0 unspecified atom stereocenters. The summed E-state index contributed by atoms with van der Waals surface area (Å²) in [5.74, 6) is 0. The van der Waals surface area contributed by atoms with Crippen LogP contribution in [-0.2, 0) is 32.7 Å². The first-order valence-electron chi connectivity index (χ1n) is 2.51. The Bertz CT molecular complexity index is 167. The molecule has 0 fully saturated rings. The summed E-state index contributed by atoms with van der Waals surface area (Å²) in [7, 11) is 0. The van der Waals surface area contributed by atoms with Crippen LogP contribution in [-0.4, -0.2) is 0 Å². The quantitative estimate of drug-likeness (QED) is 0.597. The molecule has 0 bridgehead atoms. The zero-order chi connectivity index (χ0) is 5.82. The van der Waals surface area contributed by atoms with Crippen molar-refractivity contribution in [2.24, 2.45) is 0 Å². The minimum Gasteiger partial charge on any atom is -0.193 e. The van der Waals surface area contributed by atoms with E-state index < -0.39 is 0 Å². The molecule has 1 aromatic carbocycles. The zero-order valence-corrected chi connectivity index (χ0v) is 8.01. The first-order valence-corrected chi connectivity index (χ1v) is 2.51. The van der Waals surface area contributed by atoms with Crippen molar-refractivity contribution < 1.29 is 32.7 Å². The largest absolute Gasteiger partial charge is 0.193 e. The topological polar surface area (TPSA) is 0 Å². The molecule has 0 saturated carbocycles. The first-order chi connectivity index (χ1) is 3.93. The van der Waals surface area contributed by atoms with Gasteiger partial charge in [-0.1, -0.05) is 6.07 Å². The SMILES string of the molecule is C=[C-]c1ccccc1.[Y]. The van der Waals surface area contributed by atoms with Crippen molar-refractivity contribution in [3.05, 3.63) is 48.6 Å². The minimum absolute atomic E-state index is 0. The van der Waals surface area contributed by atoms with Crippen LogP contribution in [0.2, 0.25) is 0 Å². The first kappa shape index (κ1) is 9.06. The van der Waals surface area contributed by atoms with Crippen LogP contribution in [0.15, 0.2) is 36.9 Å². The van der Waals surface area contributed by atoms with E-state index in [2.05, 4.69) is 12.7 Å². The zero-order valence-electron chi connectivity index (χ0n) is 5.17. The molecule has 1 rings (SSSR count). The van der Waals surface area contributed by atoms with Gasteiger partial charge >= 0.3 is 0 Å². The molecule has 43 valence electrons. The molecule has 1 heteroatoms. The van der Waals surface area contributed by atoms with Gasteiger partial charge in [0.1, 0.15) is 0 Å². The van der Waals surface area contributed by atoms with Crippen molar-refractivity contribution in [1.29, 1.82) is 0 Å². The van der Waals surface area contributed by atoms with Crippen LogP contribution in [0.4, 0.5) is 0 Å². The van der Waals surface area contributed by atoms with Crippen LogP contribution in [0.1, 0.15) is 5.56 Å². The van der Waals surface area contributed by atoms with E-state index in [1.54, 1.807) is 0 Å². The van der Waals surface area contributed by atoms with Crippen molar-refractivity contribution in [2.75, 3.05) is 0 Å². The third kappa shape index (κ3) is 2.93. The van der Waals surface area contributed by atoms with Gasteiger partial charge < -0.3 is 0 Å². The van der Waals surface area contributed by atoms with Gasteiger partial charge in [-0.25, -0.2) is 0 Å². The Balaban J connectivity index is 0.000000640. The second-order valence-electron chi connectivity index (χ2n) is 1.54. The van der Waals surface area contributed by atoms with Crippen molar-refractivity contribution >= 4 is 0 Å². The fraction of sp³-hybridized carbons (Fsp3) is 0. The molecule has 9 heavy (non-hydrogen) atoms. The third-order valence-electron chi connectivity index (χ3n) is 0.978. The summed E-state index contributed by atoms with van der Waals surface area (Å²) in [6, 6.07) is 9.84. The van der Waals surface area contributed by atoms with Crippen molar-refractivity contribution in [1.82, 2.24) is 0 Å². The fourth-order valence-corrected chi connectivity index (χ4v) is 0.556. The van der Waals surface area contributed by atoms with E-state index >= 15 is 0 Å². The maximum absolute atomic E-state index is 3.51. The Morgan fingerprint density at radius 3 is 2.00 bits per heavy atom. The maximum Gasteiger partial charge on any atom is 0 e. The molecule has 0 N–H and O–H groups in total. The summed E-state index contributed by atoms with van der Waals surface area (Å²) in [5.41, 5.74) is 1.05. The Labute approximate surface area is 80.9 Å². The van der Waals surface area contributed by atoms with Crippen molar-refractivity contribution in [3.8, 4) is 0 Å². The van der Waals surface area contributed by atoms with E-state index in [1.807, 2.05) is 30.3 Å². The summed E-state index contributed by atoms with van der Waals surface area (Å²) in [6.45, 7) is 3.51. The van der Waals surface area contributed by atoms with Crippen molar-refractivity contribution in [2.45, 2.75) is 0 Å². The van der Waals surface area contributed by atoms with Crippen LogP contribution in [0.25, 0.3) is 0 Å². The molecule has 0 saturated heterocycles. The van der Waals surface area contributed by atoms with Gasteiger partial charge in [0.15, 0.2) is 0 Å². The second-order valence-corrected chi connectivity index (χ2v) is 1.54. The van der Waals surface area contributed by atoms with Gasteiger partial charge in [-0.15, -0.1) is 12.1 Å². The molecular formula is C8H7Y-. The van der Waals surface area contributed by atoms with Crippen molar-refractivity contribution in [3.63, 3.8) is 0 Å². The number of benzene rings is 1. The van der Waals surface area contributed by atoms with Crippen LogP contribution in [0.3, 0.4) is 0 Å². The van der Waals surface area contributed by atoms with E-state index in [-0.39, 0.29) is 32.7 Å². The summed E-state index contributed by atoms with van der Waals surface area (Å²) in [5, 5.41) is 0. The standard InChI is InChI=1S/C8H7.Y/c1-2-8-6-4-3-5-7-8;/h3-7H,1H2;/q-1;. The summed E-state index contributed by atoms with van der Waals surface area (Å²) >= 11 is 0. The molecule has 0 spiro atoms. The summed E-state index contributed by atoms with van der Waals surface area (Å²) in [4.78, 5) is 0. The van der Waals surface area contributed by atoms with Gasteiger partial charge in [0.2, 0.25) is 0 Å². The smallest absolute Gasteiger partial charge is 0 e. The Morgan fingerprint density at radius 2 is 1.67 bits per heavy atom. The molecular weight excluding hydrogens is 185 g/mol. The molecule has 0 aliphatic heterocycles. The van der Waals surface area contributed by atoms with Gasteiger partial charge in [-0.05, 0) is 0 Å². The molecule has 0 amide bonds. The fourth-order valence-electron chi connectivity index (χ4n) is 0.556. The molecule has 0 heterocycles. The number of hydrogen-bond donors (Lipinski definition) is 0. The van der Waals surface area contributed by atoms with Crippen LogP contribution < -0.4 is 0 Å². The van der Waals surface area contributed by atoms with Gasteiger partial charge in [0.25, 0.3) is 0 Å². The molecule has 1 aromatic rings. The van der Waals surface area contributed by atoms with Crippen LogP contribution >= 0.6 is 0 Å². The Kier molecular flexibility index (Phi) is 4.93. The molecule has 0 aromatic heterocycles. The predicted octanol–water partition coefficient (Wildman–Crippen LogP) is 2.02. The average Bonchev–Trinajstić information content (AvgIpc) is 1.90. The Morgan fingerprint density at radius 1 is 1.11 bits per heavy atom. The third-order valence-corrected chi connectivity index (χ3v) is 0.978. The molecule has 0 nitrogen and oxygen atoms in total. The van der Waals surface area contributed by atoms with E-state index in [1.165, 1.54) is 0 Å². The van der Waals surface area contributed by atoms with E-state index in [0.717, 1.165) is 5.56 Å². The second kappa shape index (κ2) is 4.90. The maximum atomic E-state index is 3.51. The summed E-state index contributed by atoms with van der Waals surface area (Å²) < 4.78 is 0. The van der Waals surface area contributed by atoms with E-state index in [0.29, 0.717) is 0 Å². The van der Waals surface area contributed by atoms with E-state index in [4.69, 9.17) is 0 Å². The van der Waals surface area contributed by atoms with Crippen LogP contribution in [0.5, 0.6) is 0 Å². The number of rotatable bonds is 1. The Hall–Kier alpha value is 0.0639. The number of hydrogen-bond acceptors (Lipinski definition) is 0. The summed E-state index contributed by atoms with van der Waals surface area (Å²) in [6.07, 6.45) is 2.78. The molecule has 0 atom stereocenters. The van der Waals surface area contributed by atoms with Gasteiger partial charge in [0.05, 0.1) is 0 Å². The monoisotopic (exact) mass is 192 g/mol.